The van der Waals surface area contributed by atoms with E-state index >= 15 is 0 Å². The van der Waals surface area contributed by atoms with Crippen molar-refractivity contribution < 1.29 is 4.79 Å². The first-order valence-corrected chi connectivity index (χ1v) is 10.2. The number of halogens is 2. The van der Waals surface area contributed by atoms with Gasteiger partial charge >= 0.3 is 0 Å². The number of hydrogen-bond donors (Lipinski definition) is 1. The van der Waals surface area contributed by atoms with Gasteiger partial charge in [-0.2, -0.15) is 0 Å². The number of hydrogen-bond acceptors (Lipinski definition) is 5. The first kappa shape index (κ1) is 18.3. The fraction of sp³-hybridized carbons (Fsp3) is 0.188. The second-order valence-corrected chi connectivity index (χ2v) is 8.06. The van der Waals surface area contributed by atoms with Crippen LogP contribution in [0.25, 0.3) is 10.6 Å². The third-order valence-electron chi connectivity index (χ3n) is 3.24. The normalized spacial score (nSPS) is 10.8. The van der Waals surface area contributed by atoms with E-state index < -0.39 is 0 Å². The van der Waals surface area contributed by atoms with E-state index in [2.05, 4.69) is 22.6 Å². The van der Waals surface area contributed by atoms with Crippen LogP contribution in [-0.4, -0.2) is 26.7 Å². The van der Waals surface area contributed by atoms with Crippen molar-refractivity contribution in [3.63, 3.8) is 0 Å². The summed E-state index contributed by atoms with van der Waals surface area (Å²) in [5.74, 6) is 1.16. The largest absolute Gasteiger partial charge is 0.320 e. The van der Waals surface area contributed by atoms with Gasteiger partial charge in [0.15, 0.2) is 5.69 Å². The van der Waals surface area contributed by atoms with E-state index in [1.165, 1.54) is 11.3 Å². The maximum Gasteiger partial charge on any atom is 0.276 e. The van der Waals surface area contributed by atoms with Gasteiger partial charge in [0.2, 0.25) is 0 Å². The van der Waals surface area contributed by atoms with E-state index in [4.69, 9.17) is 23.2 Å². The number of nitrogens with zero attached hydrogens (tertiary/aromatic N) is 3. The minimum Gasteiger partial charge on any atom is -0.320 e. The lowest BCUT2D eigenvalue weighted by atomic mass is 10.2. The van der Waals surface area contributed by atoms with Crippen molar-refractivity contribution in [1.82, 2.24) is 15.0 Å². The van der Waals surface area contributed by atoms with Crippen molar-refractivity contribution in [1.29, 1.82) is 0 Å². The van der Waals surface area contributed by atoms with Crippen LogP contribution in [0.1, 0.15) is 17.4 Å². The first-order chi connectivity index (χ1) is 12.1. The molecular weight excluding hydrogens is 399 g/mol. The SMILES string of the molecule is CCSCn1nnc(-c2cccs2)c1C(=O)Nc1cc(Cl)cc(Cl)c1. The van der Waals surface area contributed by atoms with Crippen molar-refractivity contribution in [2.24, 2.45) is 0 Å². The van der Waals surface area contributed by atoms with Gasteiger partial charge in [0.1, 0.15) is 5.69 Å². The number of thioether (sulfide) groups is 1. The lowest BCUT2D eigenvalue weighted by Crippen LogP contribution is -2.18. The molecule has 5 nitrogen and oxygen atoms in total. The van der Waals surface area contributed by atoms with Gasteiger partial charge in [-0.25, -0.2) is 4.68 Å². The number of thiophene rings is 1. The minimum atomic E-state index is -0.302. The minimum absolute atomic E-state index is 0.302. The number of carbonyl (C=O) groups is 1. The van der Waals surface area contributed by atoms with Crippen molar-refractivity contribution in [3.8, 4) is 10.6 Å². The summed E-state index contributed by atoms with van der Waals surface area (Å²) < 4.78 is 1.62. The Labute approximate surface area is 163 Å². The number of nitrogens with one attached hydrogen (secondary N) is 1. The Bertz CT molecular complexity index is 860. The molecule has 0 fully saturated rings. The fourth-order valence-corrected chi connectivity index (χ4v) is 3.97. The summed E-state index contributed by atoms with van der Waals surface area (Å²) >= 11 is 15.2. The van der Waals surface area contributed by atoms with E-state index in [9.17, 15) is 4.79 Å². The lowest BCUT2D eigenvalue weighted by molar-refractivity contribution is 0.101. The van der Waals surface area contributed by atoms with Gasteiger partial charge in [0.05, 0.1) is 10.8 Å². The maximum atomic E-state index is 12.9. The molecule has 130 valence electrons. The van der Waals surface area contributed by atoms with Crippen LogP contribution in [0.15, 0.2) is 35.7 Å². The predicted molar refractivity (Wildman–Crippen MR) is 106 cm³/mol. The summed E-state index contributed by atoms with van der Waals surface area (Å²) in [7, 11) is 0. The molecule has 0 spiro atoms. The van der Waals surface area contributed by atoms with Crippen molar-refractivity contribution >= 4 is 57.9 Å². The topological polar surface area (TPSA) is 59.8 Å². The number of benzene rings is 1. The highest BCUT2D eigenvalue weighted by atomic mass is 35.5. The van der Waals surface area contributed by atoms with E-state index in [-0.39, 0.29) is 5.91 Å². The van der Waals surface area contributed by atoms with E-state index in [0.29, 0.717) is 33.0 Å². The molecule has 0 saturated carbocycles. The molecular formula is C16H14Cl2N4OS2. The number of amides is 1. The number of anilines is 1. The number of carbonyl (C=O) groups excluding carboxylic acids is 1. The molecule has 3 aromatic rings. The summed E-state index contributed by atoms with van der Waals surface area (Å²) in [6.45, 7) is 2.05. The van der Waals surface area contributed by atoms with Gasteiger partial charge in [-0.05, 0) is 35.4 Å². The predicted octanol–water partition coefficient (Wildman–Crippen LogP) is 5.28. The van der Waals surface area contributed by atoms with E-state index in [1.807, 2.05) is 17.5 Å². The quantitative estimate of drug-likeness (QED) is 0.598. The van der Waals surface area contributed by atoms with Crippen LogP contribution in [0.5, 0.6) is 0 Å². The van der Waals surface area contributed by atoms with Crippen LogP contribution in [0.3, 0.4) is 0 Å². The third-order valence-corrected chi connectivity index (χ3v) is 5.39. The Morgan fingerprint density at radius 3 is 2.72 bits per heavy atom. The molecule has 25 heavy (non-hydrogen) atoms. The molecule has 0 atom stereocenters. The maximum absolute atomic E-state index is 12.9. The summed E-state index contributed by atoms with van der Waals surface area (Å²) in [6.07, 6.45) is 0. The molecule has 0 aliphatic rings. The summed E-state index contributed by atoms with van der Waals surface area (Å²) in [6, 6.07) is 8.73. The highest BCUT2D eigenvalue weighted by molar-refractivity contribution is 7.98. The molecule has 1 N–H and O–H groups in total. The third kappa shape index (κ3) is 4.36. The number of aromatic nitrogens is 3. The summed E-state index contributed by atoms with van der Waals surface area (Å²) in [4.78, 5) is 13.8. The van der Waals surface area contributed by atoms with Crippen molar-refractivity contribution in [2.45, 2.75) is 12.8 Å². The van der Waals surface area contributed by atoms with Crippen LogP contribution in [0.2, 0.25) is 10.0 Å². The molecule has 1 aromatic carbocycles. The highest BCUT2D eigenvalue weighted by Gasteiger charge is 2.22. The Morgan fingerprint density at radius 2 is 2.08 bits per heavy atom. The zero-order valence-corrected chi connectivity index (χ0v) is 16.3. The fourth-order valence-electron chi connectivity index (χ4n) is 2.20. The monoisotopic (exact) mass is 412 g/mol. The Kier molecular flexibility index (Phi) is 6.01. The van der Waals surface area contributed by atoms with Crippen LogP contribution >= 0.6 is 46.3 Å². The first-order valence-electron chi connectivity index (χ1n) is 7.41. The highest BCUT2D eigenvalue weighted by Crippen LogP contribution is 2.28. The molecule has 0 aliphatic carbocycles. The van der Waals surface area contributed by atoms with Crippen LogP contribution in [0, 0.1) is 0 Å². The Hall–Kier alpha value is -1.54. The lowest BCUT2D eigenvalue weighted by Gasteiger charge is -2.09. The van der Waals surface area contributed by atoms with Crippen molar-refractivity contribution in [3.05, 3.63) is 51.5 Å². The summed E-state index contributed by atoms with van der Waals surface area (Å²) in [5, 5.41) is 14.0. The smallest absolute Gasteiger partial charge is 0.276 e. The zero-order chi connectivity index (χ0) is 17.8. The van der Waals surface area contributed by atoms with Gasteiger partial charge in [0.25, 0.3) is 5.91 Å². The molecule has 2 heterocycles. The molecule has 3 rings (SSSR count). The molecule has 0 unspecified atom stereocenters. The van der Waals surface area contributed by atoms with Gasteiger partial charge in [0, 0.05) is 15.7 Å². The zero-order valence-electron chi connectivity index (χ0n) is 13.2. The molecule has 1 amide bonds. The molecule has 0 bridgehead atoms. The van der Waals surface area contributed by atoms with Gasteiger partial charge in [-0.15, -0.1) is 28.2 Å². The van der Waals surface area contributed by atoms with Gasteiger partial charge in [-0.1, -0.05) is 41.4 Å². The molecule has 0 aliphatic heterocycles. The van der Waals surface area contributed by atoms with Gasteiger partial charge < -0.3 is 5.32 Å². The molecule has 0 saturated heterocycles. The molecule has 0 radical (unpaired) electrons. The van der Waals surface area contributed by atoms with Crippen LogP contribution in [0.4, 0.5) is 5.69 Å². The Morgan fingerprint density at radius 1 is 1.32 bits per heavy atom. The second-order valence-electron chi connectivity index (χ2n) is 5.00. The van der Waals surface area contributed by atoms with Gasteiger partial charge in [-0.3, -0.25) is 4.79 Å². The average molecular weight is 413 g/mol. The van der Waals surface area contributed by atoms with Crippen LogP contribution in [-0.2, 0) is 5.88 Å². The standard InChI is InChI=1S/C16H14Cl2N4OS2/c1-2-24-9-22-15(14(20-21-22)13-4-3-5-25-13)16(23)19-12-7-10(17)6-11(18)8-12/h3-8H,2,9H2,1H3,(H,19,23). The molecule has 9 heteroatoms. The molecule has 2 aromatic heterocycles. The Balaban J connectivity index is 1.95. The number of rotatable bonds is 6. The van der Waals surface area contributed by atoms with E-state index in [1.54, 1.807) is 34.6 Å². The second kappa shape index (κ2) is 8.23. The van der Waals surface area contributed by atoms with E-state index in [0.717, 1.165) is 10.6 Å². The van der Waals surface area contributed by atoms with Crippen molar-refractivity contribution in [2.75, 3.05) is 11.1 Å². The summed E-state index contributed by atoms with van der Waals surface area (Å²) in [5.41, 5.74) is 1.51. The van der Waals surface area contributed by atoms with Crippen LogP contribution < -0.4 is 5.32 Å². The average Bonchev–Trinajstić information content (AvgIpc) is 3.20.